The molecule has 168 valence electrons. The standard InChI is InChI=1S/C24H27N3O3S2/c1-2-22(19-13-12-17-8-6-7-9-18(17)14-19)26-23(28)15-20-16-31-24(25-20)27-32(29,30)21-10-4-3-5-11-21/h3-5,10-14,16,22H,2,6-9,15H2,1H3,(H,25,27)(H,26,28). The second-order valence-corrected chi connectivity index (χ2v) is 10.5. The van der Waals surface area contributed by atoms with Gasteiger partial charge in [0, 0.05) is 5.38 Å². The molecule has 4 rings (SSSR count). The number of aromatic nitrogens is 1. The minimum atomic E-state index is -3.70. The molecule has 32 heavy (non-hydrogen) atoms. The molecule has 6 nitrogen and oxygen atoms in total. The van der Waals surface area contributed by atoms with Crippen molar-refractivity contribution in [3.63, 3.8) is 0 Å². The van der Waals surface area contributed by atoms with E-state index in [1.165, 1.54) is 47.4 Å². The van der Waals surface area contributed by atoms with Crippen LogP contribution in [-0.4, -0.2) is 19.3 Å². The molecule has 0 fully saturated rings. The van der Waals surface area contributed by atoms with Crippen LogP contribution < -0.4 is 10.0 Å². The van der Waals surface area contributed by atoms with E-state index < -0.39 is 10.0 Å². The third kappa shape index (κ3) is 5.37. The Morgan fingerprint density at radius 2 is 1.84 bits per heavy atom. The maximum absolute atomic E-state index is 12.7. The summed E-state index contributed by atoms with van der Waals surface area (Å²) in [6, 6.07) is 14.6. The molecular formula is C24H27N3O3S2. The normalized spacial score (nSPS) is 14.4. The smallest absolute Gasteiger partial charge is 0.263 e. The van der Waals surface area contributed by atoms with Gasteiger partial charge in [0.15, 0.2) is 5.13 Å². The summed E-state index contributed by atoms with van der Waals surface area (Å²) in [6.45, 7) is 2.06. The molecule has 1 heterocycles. The van der Waals surface area contributed by atoms with Crippen LogP contribution >= 0.6 is 11.3 Å². The number of fused-ring (bicyclic) bond motifs is 1. The number of carbonyl (C=O) groups is 1. The number of anilines is 1. The Morgan fingerprint density at radius 1 is 1.09 bits per heavy atom. The van der Waals surface area contributed by atoms with Crippen molar-refractivity contribution in [3.8, 4) is 0 Å². The van der Waals surface area contributed by atoms with Crippen LogP contribution in [0.3, 0.4) is 0 Å². The van der Waals surface area contributed by atoms with Gasteiger partial charge < -0.3 is 5.32 Å². The van der Waals surface area contributed by atoms with Crippen LogP contribution in [0.4, 0.5) is 5.13 Å². The molecule has 1 atom stereocenters. The Kier molecular flexibility index (Phi) is 6.91. The number of nitrogens with one attached hydrogen (secondary N) is 2. The number of hydrogen-bond acceptors (Lipinski definition) is 5. The fourth-order valence-corrected chi connectivity index (χ4v) is 5.99. The molecule has 0 aliphatic heterocycles. The van der Waals surface area contributed by atoms with Gasteiger partial charge in [-0.15, -0.1) is 11.3 Å². The molecule has 0 bridgehead atoms. The van der Waals surface area contributed by atoms with Crippen molar-refractivity contribution in [1.29, 1.82) is 0 Å². The minimum Gasteiger partial charge on any atom is -0.349 e. The number of sulfonamides is 1. The Labute approximate surface area is 193 Å². The lowest BCUT2D eigenvalue weighted by molar-refractivity contribution is -0.121. The number of thiazole rings is 1. The average Bonchev–Trinajstić information content (AvgIpc) is 3.23. The number of hydrogen-bond donors (Lipinski definition) is 2. The molecular weight excluding hydrogens is 442 g/mol. The van der Waals surface area contributed by atoms with Gasteiger partial charge in [0.2, 0.25) is 5.91 Å². The Bertz CT molecular complexity index is 1190. The van der Waals surface area contributed by atoms with Crippen molar-refractivity contribution in [2.45, 2.75) is 56.4 Å². The molecule has 2 N–H and O–H groups in total. The van der Waals surface area contributed by atoms with E-state index in [0.29, 0.717) is 5.69 Å². The van der Waals surface area contributed by atoms with Gasteiger partial charge >= 0.3 is 0 Å². The lowest BCUT2D eigenvalue weighted by atomic mass is 9.89. The molecule has 2 aromatic carbocycles. The van der Waals surface area contributed by atoms with Crippen LogP contribution in [0, 0.1) is 0 Å². The van der Waals surface area contributed by atoms with E-state index in [1.807, 2.05) is 0 Å². The minimum absolute atomic E-state index is 0.0515. The highest BCUT2D eigenvalue weighted by molar-refractivity contribution is 7.93. The van der Waals surface area contributed by atoms with Crippen molar-refractivity contribution in [1.82, 2.24) is 10.3 Å². The molecule has 0 saturated carbocycles. The Balaban J connectivity index is 1.38. The molecule has 0 saturated heterocycles. The van der Waals surface area contributed by atoms with Gasteiger partial charge in [-0.3, -0.25) is 9.52 Å². The lowest BCUT2D eigenvalue weighted by Crippen LogP contribution is -2.29. The van der Waals surface area contributed by atoms with Crippen LogP contribution in [0.5, 0.6) is 0 Å². The van der Waals surface area contributed by atoms with Gasteiger partial charge in [0.25, 0.3) is 10.0 Å². The summed E-state index contributed by atoms with van der Waals surface area (Å²) in [6.07, 6.45) is 5.61. The summed E-state index contributed by atoms with van der Waals surface area (Å²) in [7, 11) is -3.70. The lowest BCUT2D eigenvalue weighted by Gasteiger charge is -2.21. The zero-order valence-corrected chi connectivity index (χ0v) is 19.6. The Morgan fingerprint density at radius 3 is 2.59 bits per heavy atom. The molecule has 0 radical (unpaired) electrons. The maximum atomic E-state index is 12.7. The van der Waals surface area contributed by atoms with Crippen molar-refractivity contribution >= 4 is 32.4 Å². The van der Waals surface area contributed by atoms with E-state index in [9.17, 15) is 13.2 Å². The van der Waals surface area contributed by atoms with E-state index in [4.69, 9.17) is 0 Å². The summed E-state index contributed by atoms with van der Waals surface area (Å²) in [4.78, 5) is 17.1. The van der Waals surface area contributed by atoms with Gasteiger partial charge in [0.1, 0.15) is 0 Å². The van der Waals surface area contributed by atoms with Crippen LogP contribution in [0.15, 0.2) is 58.8 Å². The molecule has 1 amide bonds. The SMILES string of the molecule is CCC(NC(=O)Cc1csc(NS(=O)(=O)c2ccccc2)n1)c1ccc2c(c1)CCCC2. The summed E-state index contributed by atoms with van der Waals surface area (Å²) in [5.41, 5.74) is 4.50. The zero-order valence-electron chi connectivity index (χ0n) is 18.0. The second-order valence-electron chi connectivity index (χ2n) is 8.00. The molecule has 8 heteroatoms. The first-order valence-corrected chi connectivity index (χ1v) is 13.2. The average molecular weight is 470 g/mol. The first-order valence-electron chi connectivity index (χ1n) is 10.9. The van der Waals surface area contributed by atoms with Crippen LogP contribution in [0.25, 0.3) is 0 Å². The molecule has 1 aromatic heterocycles. The van der Waals surface area contributed by atoms with Gasteiger partial charge in [-0.05, 0) is 60.9 Å². The third-order valence-electron chi connectivity index (χ3n) is 5.69. The van der Waals surface area contributed by atoms with E-state index in [0.717, 1.165) is 24.8 Å². The topological polar surface area (TPSA) is 88.2 Å². The van der Waals surface area contributed by atoms with E-state index >= 15 is 0 Å². The van der Waals surface area contributed by atoms with Crippen LogP contribution in [-0.2, 0) is 34.1 Å². The number of carbonyl (C=O) groups excluding carboxylic acids is 1. The summed E-state index contributed by atoms with van der Waals surface area (Å²) in [5, 5.41) is 5.07. The second kappa shape index (κ2) is 9.83. The van der Waals surface area contributed by atoms with Crippen LogP contribution in [0.1, 0.15) is 54.6 Å². The summed E-state index contributed by atoms with van der Waals surface area (Å²) < 4.78 is 27.4. The highest BCUT2D eigenvalue weighted by atomic mass is 32.2. The van der Waals surface area contributed by atoms with Gasteiger partial charge in [-0.25, -0.2) is 13.4 Å². The van der Waals surface area contributed by atoms with Crippen molar-refractivity contribution < 1.29 is 13.2 Å². The maximum Gasteiger partial charge on any atom is 0.263 e. The molecule has 1 aliphatic rings. The van der Waals surface area contributed by atoms with Gasteiger partial charge in [-0.2, -0.15) is 0 Å². The predicted molar refractivity (Wildman–Crippen MR) is 127 cm³/mol. The van der Waals surface area contributed by atoms with E-state index in [-0.39, 0.29) is 28.4 Å². The largest absolute Gasteiger partial charge is 0.349 e. The molecule has 1 aliphatic carbocycles. The number of rotatable bonds is 8. The molecule has 0 spiro atoms. The van der Waals surface area contributed by atoms with Crippen molar-refractivity contribution in [3.05, 3.63) is 76.3 Å². The van der Waals surface area contributed by atoms with E-state index in [2.05, 4.69) is 40.1 Å². The predicted octanol–water partition coefficient (Wildman–Crippen LogP) is 4.63. The number of benzene rings is 2. The summed E-state index contributed by atoms with van der Waals surface area (Å²) in [5.74, 6) is -0.127. The first kappa shape index (κ1) is 22.5. The fraction of sp³-hybridized carbons (Fsp3) is 0.333. The summed E-state index contributed by atoms with van der Waals surface area (Å²) >= 11 is 1.17. The number of nitrogens with zero attached hydrogens (tertiary/aromatic N) is 1. The quantitative estimate of drug-likeness (QED) is 0.503. The monoisotopic (exact) mass is 469 g/mol. The fourth-order valence-electron chi connectivity index (χ4n) is 4.01. The first-order chi connectivity index (χ1) is 15.4. The number of amides is 1. The highest BCUT2D eigenvalue weighted by Crippen LogP contribution is 2.26. The highest BCUT2D eigenvalue weighted by Gasteiger charge is 2.19. The van der Waals surface area contributed by atoms with Gasteiger partial charge in [-0.1, -0.05) is 43.3 Å². The number of aryl methyl sites for hydroxylation is 2. The Hall–Kier alpha value is -2.71. The van der Waals surface area contributed by atoms with Crippen LogP contribution in [0.2, 0.25) is 0 Å². The molecule has 3 aromatic rings. The van der Waals surface area contributed by atoms with Gasteiger partial charge in [0.05, 0.1) is 23.1 Å². The third-order valence-corrected chi connectivity index (χ3v) is 7.98. The van der Waals surface area contributed by atoms with E-state index in [1.54, 1.807) is 23.6 Å². The zero-order chi connectivity index (χ0) is 22.6. The van der Waals surface area contributed by atoms with Crippen molar-refractivity contribution in [2.24, 2.45) is 0 Å². The van der Waals surface area contributed by atoms with Crippen molar-refractivity contribution in [2.75, 3.05) is 4.72 Å². The molecule has 1 unspecified atom stereocenters.